The number of nitrogens with zero attached hydrogens (tertiary/aromatic N) is 3. The first-order valence-corrected chi connectivity index (χ1v) is 8.93. The van der Waals surface area contributed by atoms with Gasteiger partial charge in [-0.05, 0) is 23.1 Å². The predicted octanol–water partition coefficient (Wildman–Crippen LogP) is 3.11. The van der Waals surface area contributed by atoms with Gasteiger partial charge in [0.1, 0.15) is 5.15 Å². The number of aromatic amines is 1. The molecule has 0 fully saturated rings. The van der Waals surface area contributed by atoms with Crippen LogP contribution in [0, 0.1) is 0 Å². The SMILES string of the molecule is O=c1[nH]c(-c2cccs2)nc2c1CN(Cc1ccc(Cl)nc1)CC2. The molecule has 7 heteroatoms. The first-order valence-electron chi connectivity index (χ1n) is 7.68. The summed E-state index contributed by atoms with van der Waals surface area (Å²) in [5.74, 6) is 0.670. The molecule has 3 aromatic heterocycles. The third-order valence-corrected chi connectivity index (χ3v) is 5.20. The number of nitrogens with one attached hydrogen (secondary N) is 1. The molecular weight excluding hydrogens is 344 g/mol. The van der Waals surface area contributed by atoms with E-state index in [1.54, 1.807) is 23.6 Å². The van der Waals surface area contributed by atoms with Gasteiger partial charge >= 0.3 is 0 Å². The normalized spacial score (nSPS) is 14.5. The lowest BCUT2D eigenvalue weighted by Gasteiger charge is -2.27. The van der Waals surface area contributed by atoms with Gasteiger partial charge in [0.15, 0.2) is 5.82 Å². The Morgan fingerprint density at radius 2 is 2.25 bits per heavy atom. The smallest absolute Gasteiger partial charge is 0.255 e. The van der Waals surface area contributed by atoms with Crippen LogP contribution in [0.15, 0.2) is 40.6 Å². The van der Waals surface area contributed by atoms with Gasteiger partial charge in [-0.2, -0.15) is 0 Å². The van der Waals surface area contributed by atoms with Crippen LogP contribution in [0.25, 0.3) is 10.7 Å². The molecule has 1 aliphatic heterocycles. The molecule has 0 aliphatic carbocycles. The van der Waals surface area contributed by atoms with Crippen molar-refractivity contribution in [3.63, 3.8) is 0 Å². The van der Waals surface area contributed by atoms with E-state index in [0.717, 1.165) is 41.2 Å². The van der Waals surface area contributed by atoms with Crippen molar-refractivity contribution in [3.8, 4) is 10.7 Å². The van der Waals surface area contributed by atoms with E-state index in [1.165, 1.54) is 0 Å². The van der Waals surface area contributed by atoms with Crippen molar-refractivity contribution in [2.45, 2.75) is 19.5 Å². The Morgan fingerprint density at radius 1 is 1.33 bits per heavy atom. The van der Waals surface area contributed by atoms with Crippen LogP contribution in [0.4, 0.5) is 0 Å². The molecule has 1 N–H and O–H groups in total. The van der Waals surface area contributed by atoms with E-state index < -0.39 is 0 Å². The maximum absolute atomic E-state index is 12.5. The maximum atomic E-state index is 12.5. The third-order valence-electron chi connectivity index (χ3n) is 4.10. The average Bonchev–Trinajstić information content (AvgIpc) is 3.12. The summed E-state index contributed by atoms with van der Waals surface area (Å²) in [7, 11) is 0. The molecule has 0 saturated heterocycles. The summed E-state index contributed by atoms with van der Waals surface area (Å²) >= 11 is 7.40. The minimum Gasteiger partial charge on any atom is -0.306 e. The van der Waals surface area contributed by atoms with E-state index in [-0.39, 0.29) is 5.56 Å². The van der Waals surface area contributed by atoms with Crippen LogP contribution in [0.2, 0.25) is 5.15 Å². The molecule has 0 unspecified atom stereocenters. The van der Waals surface area contributed by atoms with Gasteiger partial charge in [0.25, 0.3) is 5.56 Å². The zero-order valence-corrected chi connectivity index (χ0v) is 14.4. The van der Waals surface area contributed by atoms with Gasteiger partial charge in [-0.1, -0.05) is 23.7 Å². The third kappa shape index (κ3) is 3.13. The number of hydrogen-bond acceptors (Lipinski definition) is 5. The topological polar surface area (TPSA) is 61.9 Å². The van der Waals surface area contributed by atoms with E-state index in [0.29, 0.717) is 17.5 Å². The van der Waals surface area contributed by atoms with Gasteiger partial charge in [0.2, 0.25) is 0 Å². The second kappa shape index (κ2) is 6.47. The lowest BCUT2D eigenvalue weighted by Crippen LogP contribution is -2.35. The summed E-state index contributed by atoms with van der Waals surface area (Å²) in [5, 5.41) is 2.47. The molecule has 122 valence electrons. The number of halogens is 1. The fraction of sp³-hybridized carbons (Fsp3) is 0.235. The summed E-state index contributed by atoms with van der Waals surface area (Å²) in [4.78, 5) is 27.4. The van der Waals surface area contributed by atoms with E-state index in [1.807, 2.05) is 23.6 Å². The van der Waals surface area contributed by atoms with Crippen molar-refractivity contribution in [3.05, 3.63) is 68.2 Å². The summed E-state index contributed by atoms with van der Waals surface area (Å²) in [6, 6.07) is 7.68. The first kappa shape index (κ1) is 15.5. The highest BCUT2D eigenvalue weighted by atomic mass is 35.5. The number of aromatic nitrogens is 3. The highest BCUT2D eigenvalue weighted by molar-refractivity contribution is 7.13. The van der Waals surface area contributed by atoms with Crippen molar-refractivity contribution in [1.82, 2.24) is 19.9 Å². The Morgan fingerprint density at radius 3 is 3.00 bits per heavy atom. The van der Waals surface area contributed by atoms with Gasteiger partial charge in [0, 0.05) is 32.3 Å². The maximum Gasteiger partial charge on any atom is 0.255 e. The van der Waals surface area contributed by atoms with Crippen LogP contribution < -0.4 is 5.56 Å². The molecule has 0 spiro atoms. The highest BCUT2D eigenvalue weighted by Gasteiger charge is 2.21. The number of hydrogen-bond donors (Lipinski definition) is 1. The molecular formula is C17H15ClN4OS. The number of fused-ring (bicyclic) bond motifs is 1. The minimum atomic E-state index is -0.0395. The average molecular weight is 359 g/mol. The zero-order chi connectivity index (χ0) is 16.5. The number of H-pyrrole nitrogens is 1. The summed E-state index contributed by atoms with van der Waals surface area (Å²) in [5.41, 5.74) is 2.72. The second-order valence-electron chi connectivity index (χ2n) is 5.77. The molecule has 0 radical (unpaired) electrons. The lowest BCUT2D eigenvalue weighted by molar-refractivity contribution is 0.241. The van der Waals surface area contributed by atoms with Crippen molar-refractivity contribution in [2.75, 3.05) is 6.54 Å². The standard InChI is InChI=1S/C17H15ClN4OS/c18-15-4-3-11(8-19-15)9-22-6-5-13-12(10-22)17(23)21-16(20-13)14-2-1-7-24-14/h1-4,7-8H,5-6,9-10H2,(H,20,21,23). The van der Waals surface area contributed by atoms with E-state index in [9.17, 15) is 4.79 Å². The van der Waals surface area contributed by atoms with Crippen LogP contribution in [-0.2, 0) is 19.5 Å². The minimum absolute atomic E-state index is 0.0395. The summed E-state index contributed by atoms with van der Waals surface area (Å²) in [6.07, 6.45) is 2.55. The molecule has 0 atom stereocenters. The van der Waals surface area contributed by atoms with Crippen LogP contribution in [0.1, 0.15) is 16.8 Å². The van der Waals surface area contributed by atoms with Crippen molar-refractivity contribution < 1.29 is 0 Å². The number of thiophene rings is 1. The fourth-order valence-electron chi connectivity index (χ4n) is 2.90. The first-order chi connectivity index (χ1) is 11.7. The van der Waals surface area contributed by atoms with Crippen LogP contribution in [0.5, 0.6) is 0 Å². The molecule has 24 heavy (non-hydrogen) atoms. The summed E-state index contributed by atoms with van der Waals surface area (Å²) < 4.78 is 0. The quantitative estimate of drug-likeness (QED) is 0.731. The number of pyridine rings is 1. The van der Waals surface area contributed by atoms with E-state index in [2.05, 4.69) is 19.9 Å². The summed E-state index contributed by atoms with van der Waals surface area (Å²) in [6.45, 7) is 2.22. The van der Waals surface area contributed by atoms with Crippen molar-refractivity contribution in [1.29, 1.82) is 0 Å². The highest BCUT2D eigenvalue weighted by Crippen LogP contribution is 2.23. The van der Waals surface area contributed by atoms with E-state index in [4.69, 9.17) is 11.6 Å². The lowest BCUT2D eigenvalue weighted by atomic mass is 10.1. The van der Waals surface area contributed by atoms with Gasteiger partial charge < -0.3 is 4.98 Å². The molecule has 4 rings (SSSR count). The molecule has 4 heterocycles. The Hall–Kier alpha value is -2.02. The molecule has 1 aliphatic rings. The molecule has 0 saturated carbocycles. The zero-order valence-electron chi connectivity index (χ0n) is 12.8. The van der Waals surface area contributed by atoms with Crippen molar-refractivity contribution >= 4 is 22.9 Å². The molecule has 0 aromatic carbocycles. The van der Waals surface area contributed by atoms with Crippen molar-refractivity contribution in [2.24, 2.45) is 0 Å². The Labute approximate surface area is 148 Å². The van der Waals surface area contributed by atoms with Gasteiger partial charge in [-0.15, -0.1) is 11.3 Å². The molecule has 0 bridgehead atoms. The molecule has 5 nitrogen and oxygen atoms in total. The Bertz CT molecular complexity index is 905. The monoisotopic (exact) mass is 358 g/mol. The van der Waals surface area contributed by atoms with E-state index >= 15 is 0 Å². The Balaban J connectivity index is 1.57. The largest absolute Gasteiger partial charge is 0.306 e. The fourth-order valence-corrected chi connectivity index (χ4v) is 3.69. The van der Waals surface area contributed by atoms with Gasteiger partial charge in [-0.25, -0.2) is 9.97 Å². The molecule has 0 amide bonds. The van der Waals surface area contributed by atoms with Crippen LogP contribution >= 0.6 is 22.9 Å². The van der Waals surface area contributed by atoms with Gasteiger partial charge in [0.05, 0.1) is 16.1 Å². The second-order valence-corrected chi connectivity index (χ2v) is 7.10. The van der Waals surface area contributed by atoms with Crippen LogP contribution in [0.3, 0.4) is 0 Å². The molecule has 3 aromatic rings. The predicted molar refractivity (Wildman–Crippen MR) is 95.2 cm³/mol. The van der Waals surface area contributed by atoms with Crippen LogP contribution in [-0.4, -0.2) is 26.4 Å². The van der Waals surface area contributed by atoms with Gasteiger partial charge in [-0.3, -0.25) is 9.69 Å². The number of rotatable bonds is 3. The Kier molecular flexibility index (Phi) is 4.18.